The third kappa shape index (κ3) is 4.87. The van der Waals surface area contributed by atoms with Gasteiger partial charge in [-0.25, -0.2) is 4.98 Å². The molecule has 1 amide bonds. The average Bonchev–Trinajstić information content (AvgIpc) is 3.00. The molecular weight excluding hydrogens is 435 g/mol. The highest BCUT2D eigenvalue weighted by molar-refractivity contribution is 7.16. The molecule has 0 bridgehead atoms. The summed E-state index contributed by atoms with van der Waals surface area (Å²) in [7, 11) is 0. The molecule has 7 heteroatoms. The Morgan fingerprint density at radius 2 is 1.79 bits per heavy atom. The Morgan fingerprint density at radius 3 is 2.43 bits per heavy atom. The molecule has 1 N–H and O–H groups in total. The predicted molar refractivity (Wildman–Crippen MR) is 119 cm³/mol. The first kappa shape index (κ1) is 21.1. The lowest BCUT2D eigenvalue weighted by Crippen LogP contribution is -2.15. The van der Waals surface area contributed by atoms with E-state index in [-0.39, 0.29) is 11.3 Å². The van der Waals surface area contributed by atoms with Crippen molar-refractivity contribution in [2.75, 3.05) is 5.32 Å². The number of hydrogen-bond acceptors (Lipinski definition) is 3. The van der Waals surface area contributed by atoms with E-state index in [1.807, 2.05) is 12.1 Å². The zero-order valence-electron chi connectivity index (χ0n) is 15.6. The zero-order chi connectivity index (χ0) is 20.5. The molecule has 3 aromatic rings. The fraction of sp³-hybridized carbons (Fsp3) is 0.238. The summed E-state index contributed by atoms with van der Waals surface area (Å²) in [4.78, 5) is 18.3. The van der Waals surface area contributed by atoms with Gasteiger partial charge in [0, 0.05) is 26.8 Å². The van der Waals surface area contributed by atoms with Crippen LogP contribution in [-0.4, -0.2) is 10.9 Å². The van der Waals surface area contributed by atoms with Gasteiger partial charge in [-0.2, -0.15) is 0 Å². The smallest absolute Gasteiger partial charge is 0.258 e. The summed E-state index contributed by atoms with van der Waals surface area (Å²) in [6.45, 7) is 6.28. The number of carbonyl (C=O) groups is 1. The molecule has 2 aromatic carbocycles. The third-order valence-corrected chi connectivity index (χ3v) is 6.00. The van der Waals surface area contributed by atoms with Crippen molar-refractivity contribution < 1.29 is 4.79 Å². The summed E-state index contributed by atoms with van der Waals surface area (Å²) in [5, 5.41) is 5.02. The van der Waals surface area contributed by atoms with E-state index in [1.54, 1.807) is 30.3 Å². The Labute approximate surface area is 183 Å². The second-order valence-corrected chi connectivity index (χ2v) is 9.72. The van der Waals surface area contributed by atoms with Gasteiger partial charge >= 0.3 is 0 Å². The van der Waals surface area contributed by atoms with Crippen molar-refractivity contribution in [2.24, 2.45) is 0 Å². The molecule has 0 aliphatic carbocycles. The molecule has 3 rings (SSSR count). The van der Waals surface area contributed by atoms with Crippen molar-refractivity contribution in [2.45, 2.75) is 32.6 Å². The van der Waals surface area contributed by atoms with Crippen LogP contribution in [0.15, 0.2) is 42.5 Å². The highest BCUT2D eigenvalue weighted by Gasteiger charge is 2.25. The first-order valence-corrected chi connectivity index (χ1v) is 10.6. The van der Waals surface area contributed by atoms with Crippen molar-refractivity contribution in [1.29, 1.82) is 0 Å². The van der Waals surface area contributed by atoms with Crippen molar-refractivity contribution in [3.63, 3.8) is 0 Å². The quantitative estimate of drug-likeness (QED) is 0.452. The number of halogens is 3. The van der Waals surface area contributed by atoms with Crippen molar-refractivity contribution >= 4 is 57.2 Å². The molecule has 0 unspecified atom stereocenters. The van der Waals surface area contributed by atoms with Crippen LogP contribution in [0.2, 0.25) is 15.1 Å². The van der Waals surface area contributed by atoms with E-state index in [9.17, 15) is 4.79 Å². The number of rotatable bonds is 4. The van der Waals surface area contributed by atoms with Crippen LogP contribution in [-0.2, 0) is 11.8 Å². The van der Waals surface area contributed by atoms with Gasteiger partial charge in [-0.15, -0.1) is 11.3 Å². The lowest BCUT2D eigenvalue weighted by molar-refractivity contribution is 0.102. The number of aromatic nitrogens is 1. The van der Waals surface area contributed by atoms with Gasteiger partial charge in [-0.3, -0.25) is 10.1 Å². The van der Waals surface area contributed by atoms with Crippen LogP contribution in [0.3, 0.4) is 0 Å². The van der Waals surface area contributed by atoms with Crippen molar-refractivity contribution in [3.05, 3.63) is 79.2 Å². The Bertz CT molecular complexity index is 1020. The second kappa shape index (κ2) is 8.42. The van der Waals surface area contributed by atoms with E-state index in [1.165, 1.54) is 11.3 Å². The molecule has 1 aromatic heterocycles. The van der Waals surface area contributed by atoms with E-state index in [2.05, 4.69) is 26.1 Å². The van der Waals surface area contributed by atoms with Gasteiger partial charge in [0.2, 0.25) is 0 Å². The van der Waals surface area contributed by atoms with E-state index < -0.39 is 0 Å². The van der Waals surface area contributed by atoms with Gasteiger partial charge < -0.3 is 0 Å². The lowest BCUT2D eigenvalue weighted by Gasteiger charge is -2.17. The largest absolute Gasteiger partial charge is 0.298 e. The predicted octanol–water partition coefficient (Wildman–Crippen LogP) is 7.24. The molecule has 0 spiro atoms. The van der Waals surface area contributed by atoms with E-state index in [4.69, 9.17) is 39.8 Å². The van der Waals surface area contributed by atoms with Crippen LogP contribution >= 0.6 is 46.1 Å². The molecule has 146 valence electrons. The first-order valence-electron chi connectivity index (χ1n) is 8.65. The number of hydrogen-bond donors (Lipinski definition) is 1. The fourth-order valence-electron chi connectivity index (χ4n) is 2.76. The standard InChI is InChI=1S/C21H19Cl3N2OS/c1-21(2,3)18-17(10-12-8-9-13(22)11-16(12)24)28-20(25-18)26-19(27)14-6-4-5-7-15(14)23/h4-9,11H,10H2,1-3H3,(H,25,26,27). The third-order valence-electron chi connectivity index (χ3n) is 4.11. The molecule has 0 fully saturated rings. The van der Waals surface area contributed by atoms with E-state index in [0.29, 0.717) is 32.2 Å². The number of anilines is 1. The van der Waals surface area contributed by atoms with Gasteiger partial charge in [0.1, 0.15) is 0 Å². The van der Waals surface area contributed by atoms with E-state index in [0.717, 1.165) is 16.1 Å². The Kier molecular flexibility index (Phi) is 6.35. The van der Waals surface area contributed by atoms with Crippen LogP contribution in [0, 0.1) is 0 Å². The molecule has 3 nitrogen and oxygen atoms in total. The molecule has 0 aliphatic rings. The highest BCUT2D eigenvalue weighted by Crippen LogP contribution is 2.35. The maximum absolute atomic E-state index is 12.6. The number of nitrogens with one attached hydrogen (secondary N) is 1. The Balaban J connectivity index is 1.92. The van der Waals surface area contributed by atoms with Gasteiger partial charge in [-0.05, 0) is 29.8 Å². The minimum Gasteiger partial charge on any atom is -0.298 e. The second-order valence-electron chi connectivity index (χ2n) is 7.39. The summed E-state index contributed by atoms with van der Waals surface area (Å²) in [5.41, 5.74) is 2.12. The number of thiazole rings is 1. The SMILES string of the molecule is CC(C)(C)c1nc(NC(=O)c2ccccc2Cl)sc1Cc1ccc(Cl)cc1Cl. The Morgan fingerprint density at radius 1 is 1.07 bits per heavy atom. The maximum atomic E-state index is 12.6. The average molecular weight is 454 g/mol. The topological polar surface area (TPSA) is 42.0 Å². The summed E-state index contributed by atoms with van der Waals surface area (Å²) in [5.74, 6) is -0.282. The molecule has 0 saturated heterocycles. The van der Waals surface area contributed by atoms with E-state index >= 15 is 0 Å². The summed E-state index contributed by atoms with van der Waals surface area (Å²) in [6.07, 6.45) is 0.613. The van der Waals surface area contributed by atoms with Gasteiger partial charge in [0.05, 0.1) is 16.3 Å². The molecule has 0 aliphatic heterocycles. The normalized spacial score (nSPS) is 11.5. The van der Waals surface area contributed by atoms with Crippen LogP contribution < -0.4 is 5.32 Å². The zero-order valence-corrected chi connectivity index (χ0v) is 18.7. The first-order chi connectivity index (χ1) is 13.1. The number of nitrogens with zero attached hydrogens (tertiary/aromatic N) is 1. The molecule has 0 radical (unpaired) electrons. The molecule has 1 heterocycles. The van der Waals surface area contributed by atoms with Crippen molar-refractivity contribution in [1.82, 2.24) is 4.98 Å². The monoisotopic (exact) mass is 452 g/mol. The fourth-order valence-corrected chi connectivity index (χ4v) is 4.65. The minimum absolute atomic E-state index is 0.182. The Hall–Kier alpha value is -1.59. The molecular formula is C21H19Cl3N2OS. The number of carbonyl (C=O) groups excluding carboxylic acids is 1. The van der Waals surface area contributed by atoms with Gasteiger partial charge in [0.25, 0.3) is 5.91 Å². The lowest BCUT2D eigenvalue weighted by atomic mass is 9.90. The van der Waals surface area contributed by atoms with Gasteiger partial charge in [-0.1, -0.05) is 73.8 Å². The van der Waals surface area contributed by atoms with Crippen LogP contribution in [0.5, 0.6) is 0 Å². The molecule has 0 saturated carbocycles. The maximum Gasteiger partial charge on any atom is 0.258 e. The van der Waals surface area contributed by atoms with Crippen LogP contribution in [0.1, 0.15) is 47.3 Å². The molecule has 28 heavy (non-hydrogen) atoms. The van der Waals surface area contributed by atoms with Crippen molar-refractivity contribution in [3.8, 4) is 0 Å². The van der Waals surface area contributed by atoms with Crippen LogP contribution in [0.4, 0.5) is 5.13 Å². The summed E-state index contributed by atoms with van der Waals surface area (Å²) < 4.78 is 0. The minimum atomic E-state index is -0.282. The number of amides is 1. The van der Waals surface area contributed by atoms with Crippen LogP contribution in [0.25, 0.3) is 0 Å². The van der Waals surface area contributed by atoms with Gasteiger partial charge in [0.15, 0.2) is 5.13 Å². The molecule has 0 atom stereocenters. The summed E-state index contributed by atoms with van der Waals surface area (Å²) in [6, 6.07) is 12.4. The summed E-state index contributed by atoms with van der Waals surface area (Å²) >= 11 is 19.9. The highest BCUT2D eigenvalue weighted by atomic mass is 35.5. The number of benzene rings is 2.